The zero-order valence-electron chi connectivity index (χ0n) is 9.01. The maximum absolute atomic E-state index is 6.19. The molecule has 2 N–H and O–H groups in total. The maximum atomic E-state index is 6.19. The van der Waals surface area contributed by atoms with Crippen LogP contribution in [0.5, 0.6) is 0 Å². The van der Waals surface area contributed by atoms with Crippen molar-refractivity contribution >= 4 is 50.5 Å². The van der Waals surface area contributed by atoms with Crippen LogP contribution in [0, 0.1) is 6.92 Å². The predicted octanol–water partition coefficient (Wildman–Crippen LogP) is 5.17. The summed E-state index contributed by atoms with van der Waals surface area (Å²) in [6.07, 6.45) is 0. The van der Waals surface area contributed by atoms with Crippen LogP contribution in [0.1, 0.15) is 22.0 Å². The second kappa shape index (κ2) is 5.29. The molecule has 2 rings (SSSR count). The van der Waals surface area contributed by atoms with Crippen molar-refractivity contribution in [2.75, 3.05) is 0 Å². The Morgan fingerprint density at radius 1 is 1.29 bits per heavy atom. The second-order valence-corrected chi connectivity index (χ2v) is 6.70. The minimum Gasteiger partial charge on any atom is -0.320 e. The molecule has 0 aliphatic heterocycles. The van der Waals surface area contributed by atoms with Crippen LogP contribution in [0.25, 0.3) is 0 Å². The molecule has 1 aromatic heterocycles. The molecule has 1 aromatic carbocycles. The lowest BCUT2D eigenvalue weighted by Crippen LogP contribution is -2.10. The zero-order chi connectivity index (χ0) is 12.6. The number of thiophene rings is 1. The molecular formula is C12H10BrCl2NS. The molecule has 0 spiro atoms. The van der Waals surface area contributed by atoms with Gasteiger partial charge in [-0.2, -0.15) is 0 Å². The Bertz CT molecular complexity index is 534. The number of nitrogens with two attached hydrogens (primary N) is 1. The Hall–Kier alpha value is -0.0600. The highest BCUT2D eigenvalue weighted by Gasteiger charge is 2.14. The van der Waals surface area contributed by atoms with Crippen LogP contribution in [0.2, 0.25) is 9.36 Å². The normalized spacial score (nSPS) is 12.8. The third-order valence-electron chi connectivity index (χ3n) is 2.53. The second-order valence-electron chi connectivity index (χ2n) is 3.76. The average molecular weight is 351 g/mol. The molecule has 1 heterocycles. The van der Waals surface area contributed by atoms with Gasteiger partial charge < -0.3 is 5.73 Å². The number of halogens is 3. The summed E-state index contributed by atoms with van der Waals surface area (Å²) in [4.78, 5) is 1.02. The van der Waals surface area contributed by atoms with Crippen LogP contribution in [0.4, 0.5) is 0 Å². The Kier molecular flexibility index (Phi) is 4.16. The fourth-order valence-corrected chi connectivity index (χ4v) is 3.44. The highest BCUT2D eigenvalue weighted by Crippen LogP contribution is 2.36. The molecule has 0 radical (unpaired) electrons. The van der Waals surface area contributed by atoms with Crippen LogP contribution in [-0.4, -0.2) is 0 Å². The van der Waals surface area contributed by atoms with E-state index in [-0.39, 0.29) is 6.04 Å². The van der Waals surface area contributed by atoms with Crippen molar-refractivity contribution in [3.63, 3.8) is 0 Å². The predicted molar refractivity (Wildman–Crippen MR) is 79.2 cm³/mol. The van der Waals surface area contributed by atoms with E-state index in [0.29, 0.717) is 4.34 Å². The van der Waals surface area contributed by atoms with Gasteiger partial charge in [-0.1, -0.05) is 35.3 Å². The highest BCUT2D eigenvalue weighted by molar-refractivity contribution is 9.10. The summed E-state index contributed by atoms with van der Waals surface area (Å²) in [5, 5.41) is 0.736. The van der Waals surface area contributed by atoms with E-state index in [1.807, 2.05) is 31.2 Å². The first-order chi connectivity index (χ1) is 7.99. The maximum Gasteiger partial charge on any atom is 0.107 e. The Labute approximate surface area is 123 Å². The molecule has 0 aliphatic rings. The first-order valence-corrected chi connectivity index (χ1v) is 7.32. The minimum absolute atomic E-state index is 0.193. The molecule has 1 unspecified atom stereocenters. The first-order valence-electron chi connectivity index (χ1n) is 4.95. The van der Waals surface area contributed by atoms with Crippen LogP contribution < -0.4 is 5.73 Å². The SMILES string of the molecule is Cc1ccc(C(N)c2cc(Br)c(Cl)s2)cc1Cl. The van der Waals surface area contributed by atoms with Gasteiger partial charge in [-0.05, 0) is 46.1 Å². The molecule has 0 saturated carbocycles. The van der Waals surface area contributed by atoms with Crippen molar-refractivity contribution in [2.45, 2.75) is 13.0 Å². The zero-order valence-corrected chi connectivity index (χ0v) is 12.9. The quantitative estimate of drug-likeness (QED) is 0.793. The van der Waals surface area contributed by atoms with Gasteiger partial charge in [0.05, 0.1) is 6.04 Å². The van der Waals surface area contributed by atoms with E-state index in [0.717, 1.165) is 25.5 Å². The molecule has 5 heteroatoms. The summed E-state index contributed by atoms with van der Waals surface area (Å²) < 4.78 is 1.60. The Balaban J connectivity index is 2.36. The molecule has 1 nitrogen and oxygen atoms in total. The Morgan fingerprint density at radius 3 is 2.53 bits per heavy atom. The van der Waals surface area contributed by atoms with Gasteiger partial charge in [0, 0.05) is 14.4 Å². The molecule has 0 bridgehead atoms. The molecular weight excluding hydrogens is 341 g/mol. The van der Waals surface area contributed by atoms with Crippen LogP contribution in [-0.2, 0) is 0 Å². The number of hydrogen-bond donors (Lipinski definition) is 1. The Morgan fingerprint density at radius 2 is 2.00 bits per heavy atom. The van der Waals surface area contributed by atoms with Crippen molar-refractivity contribution in [3.8, 4) is 0 Å². The van der Waals surface area contributed by atoms with Crippen molar-refractivity contribution < 1.29 is 0 Å². The van der Waals surface area contributed by atoms with E-state index in [4.69, 9.17) is 28.9 Å². The molecule has 90 valence electrons. The summed E-state index contributed by atoms with van der Waals surface area (Å²) in [5.74, 6) is 0. The van der Waals surface area contributed by atoms with Gasteiger partial charge in [-0.3, -0.25) is 0 Å². The van der Waals surface area contributed by atoms with Crippen molar-refractivity contribution in [2.24, 2.45) is 5.73 Å². The lowest BCUT2D eigenvalue weighted by Gasteiger charge is -2.11. The third kappa shape index (κ3) is 2.85. The van der Waals surface area contributed by atoms with E-state index < -0.39 is 0 Å². The lowest BCUT2D eigenvalue weighted by atomic mass is 10.0. The van der Waals surface area contributed by atoms with Gasteiger partial charge in [-0.15, -0.1) is 11.3 Å². The van der Waals surface area contributed by atoms with Crippen molar-refractivity contribution in [1.82, 2.24) is 0 Å². The number of rotatable bonds is 2. The van der Waals surface area contributed by atoms with Gasteiger partial charge in [0.1, 0.15) is 4.34 Å². The fourth-order valence-electron chi connectivity index (χ4n) is 1.48. The van der Waals surface area contributed by atoms with Gasteiger partial charge >= 0.3 is 0 Å². The van der Waals surface area contributed by atoms with E-state index in [1.165, 1.54) is 11.3 Å². The van der Waals surface area contributed by atoms with Crippen molar-refractivity contribution in [1.29, 1.82) is 0 Å². The van der Waals surface area contributed by atoms with Crippen LogP contribution in [0.15, 0.2) is 28.7 Å². The molecule has 0 amide bonds. The molecule has 2 aromatic rings. The molecule has 1 atom stereocenters. The third-order valence-corrected chi connectivity index (χ3v) is 5.49. The fraction of sp³-hybridized carbons (Fsp3) is 0.167. The van der Waals surface area contributed by atoms with E-state index >= 15 is 0 Å². The van der Waals surface area contributed by atoms with Crippen LogP contribution >= 0.6 is 50.5 Å². The summed E-state index contributed by atoms with van der Waals surface area (Å²) in [6.45, 7) is 1.97. The smallest absolute Gasteiger partial charge is 0.107 e. The summed E-state index contributed by atoms with van der Waals surface area (Å²) in [5.41, 5.74) is 8.23. The number of benzene rings is 1. The van der Waals surface area contributed by atoms with E-state index in [1.54, 1.807) is 0 Å². The topological polar surface area (TPSA) is 26.0 Å². The minimum atomic E-state index is -0.193. The summed E-state index contributed by atoms with van der Waals surface area (Å²) >= 11 is 17.0. The largest absolute Gasteiger partial charge is 0.320 e. The van der Waals surface area contributed by atoms with Crippen LogP contribution in [0.3, 0.4) is 0 Å². The van der Waals surface area contributed by atoms with Gasteiger partial charge in [-0.25, -0.2) is 0 Å². The van der Waals surface area contributed by atoms with Gasteiger partial charge in [0.2, 0.25) is 0 Å². The first kappa shape index (κ1) is 13.4. The summed E-state index contributed by atoms with van der Waals surface area (Å²) in [6, 6.07) is 7.63. The molecule has 0 saturated heterocycles. The van der Waals surface area contributed by atoms with Crippen molar-refractivity contribution in [3.05, 3.63) is 54.1 Å². The average Bonchev–Trinajstić information content (AvgIpc) is 2.62. The van der Waals surface area contributed by atoms with Gasteiger partial charge in [0.25, 0.3) is 0 Å². The monoisotopic (exact) mass is 349 g/mol. The molecule has 0 fully saturated rings. The number of aryl methyl sites for hydroxylation is 1. The van der Waals surface area contributed by atoms with E-state index in [2.05, 4.69) is 15.9 Å². The van der Waals surface area contributed by atoms with Gasteiger partial charge in [0.15, 0.2) is 0 Å². The lowest BCUT2D eigenvalue weighted by molar-refractivity contribution is 0.892. The van der Waals surface area contributed by atoms with E-state index in [9.17, 15) is 0 Å². The summed E-state index contributed by atoms with van der Waals surface area (Å²) in [7, 11) is 0. The highest BCUT2D eigenvalue weighted by atomic mass is 79.9. The molecule has 0 aliphatic carbocycles. The standard InChI is InChI=1S/C12H10BrCl2NS/c1-6-2-3-7(4-9(6)14)11(16)10-5-8(13)12(15)17-10/h2-5,11H,16H2,1H3. The number of hydrogen-bond acceptors (Lipinski definition) is 2. The molecule has 17 heavy (non-hydrogen) atoms.